The molecule has 4 nitrogen and oxygen atoms in total. The van der Waals surface area contributed by atoms with Gasteiger partial charge in [-0.15, -0.1) is 0 Å². The van der Waals surface area contributed by atoms with Crippen molar-refractivity contribution < 1.29 is 19.1 Å². The molecule has 0 fully saturated rings. The zero-order chi connectivity index (χ0) is 33.9. The average molecular weight is 679 g/mol. The number of hydrogen-bond donors (Lipinski definition) is 0. The molecule has 1 unspecified atom stereocenters. The van der Waals surface area contributed by atoms with E-state index in [1.54, 1.807) is 24.3 Å². The number of carbonyl (C=O) groups excluding carboxylic acids is 3. The van der Waals surface area contributed by atoms with Crippen molar-refractivity contribution in [2.45, 2.75) is 111 Å². The SMILES string of the molecule is CCCCCCCCc1ccc(Sc2cccc3c2C(=O)c2cccc(Sc4ccc(OC(=O)C(CC)CCCC)cc4)c2C3=O)cc1. The van der Waals surface area contributed by atoms with Gasteiger partial charge >= 0.3 is 5.97 Å². The molecule has 0 heterocycles. The molecule has 48 heavy (non-hydrogen) atoms. The maximum Gasteiger partial charge on any atom is 0.314 e. The van der Waals surface area contributed by atoms with E-state index >= 15 is 0 Å². The largest absolute Gasteiger partial charge is 0.426 e. The quantitative estimate of drug-likeness (QED) is 0.0554. The molecule has 1 aliphatic carbocycles. The maximum absolute atomic E-state index is 14.0. The van der Waals surface area contributed by atoms with Gasteiger partial charge in [-0.05, 0) is 79.8 Å². The summed E-state index contributed by atoms with van der Waals surface area (Å²) in [6, 6.07) is 27.0. The van der Waals surface area contributed by atoms with Gasteiger partial charge in [0.25, 0.3) is 0 Å². The third-order valence-corrected chi connectivity index (χ3v) is 11.1. The molecule has 6 heteroatoms. The van der Waals surface area contributed by atoms with Crippen molar-refractivity contribution in [3.8, 4) is 5.75 Å². The Morgan fingerprint density at radius 3 is 1.69 bits per heavy atom. The zero-order valence-corrected chi connectivity index (χ0v) is 30.0. The molecule has 0 bridgehead atoms. The summed E-state index contributed by atoms with van der Waals surface area (Å²) in [7, 11) is 0. The molecule has 0 saturated heterocycles. The van der Waals surface area contributed by atoms with E-state index in [9.17, 15) is 14.4 Å². The highest BCUT2D eigenvalue weighted by Crippen LogP contribution is 2.41. The molecule has 0 aliphatic heterocycles. The van der Waals surface area contributed by atoms with Gasteiger partial charge in [-0.1, -0.05) is 126 Å². The van der Waals surface area contributed by atoms with Gasteiger partial charge in [0, 0.05) is 41.8 Å². The number of aryl methyl sites for hydroxylation is 1. The second-order valence-corrected chi connectivity index (χ2v) is 14.8. The number of rotatable bonds is 17. The Hall–Kier alpha value is -3.61. The second-order valence-electron chi connectivity index (χ2n) is 12.5. The van der Waals surface area contributed by atoms with E-state index in [0.29, 0.717) is 28.0 Å². The van der Waals surface area contributed by atoms with E-state index < -0.39 is 0 Å². The molecule has 0 spiro atoms. The van der Waals surface area contributed by atoms with Crippen LogP contribution in [0.5, 0.6) is 5.75 Å². The Balaban J connectivity index is 1.27. The van der Waals surface area contributed by atoms with Crippen molar-refractivity contribution in [2.24, 2.45) is 5.92 Å². The summed E-state index contributed by atoms with van der Waals surface area (Å²) in [4.78, 5) is 44.1. The lowest BCUT2D eigenvalue weighted by Gasteiger charge is -2.22. The highest BCUT2D eigenvalue weighted by molar-refractivity contribution is 7.99. The first-order valence-electron chi connectivity index (χ1n) is 17.5. The van der Waals surface area contributed by atoms with Crippen LogP contribution in [0.25, 0.3) is 0 Å². The van der Waals surface area contributed by atoms with Crippen LogP contribution in [-0.2, 0) is 11.2 Å². The zero-order valence-electron chi connectivity index (χ0n) is 28.4. The van der Waals surface area contributed by atoms with Crippen LogP contribution in [0.1, 0.15) is 122 Å². The molecular weight excluding hydrogens is 633 g/mol. The predicted molar refractivity (Wildman–Crippen MR) is 197 cm³/mol. The second kappa shape index (κ2) is 17.7. The van der Waals surface area contributed by atoms with Crippen LogP contribution in [0.2, 0.25) is 0 Å². The lowest BCUT2D eigenvalue weighted by atomic mass is 9.84. The topological polar surface area (TPSA) is 60.4 Å². The first-order chi connectivity index (χ1) is 23.4. The van der Waals surface area contributed by atoms with Gasteiger partial charge in [-0.2, -0.15) is 0 Å². The smallest absolute Gasteiger partial charge is 0.314 e. The summed E-state index contributed by atoms with van der Waals surface area (Å²) in [5, 5.41) is 0. The number of fused-ring (bicyclic) bond motifs is 2. The molecule has 0 saturated carbocycles. The standard InChI is InChI=1S/C42H46O4S2/c1-4-7-9-10-11-12-15-29-21-25-32(26-22-29)47-36-19-13-17-34-38(36)40(43)35-18-14-20-37(39(35)41(34)44)48-33-27-23-31(24-28-33)46-42(45)30(6-3)16-8-5-2/h13-14,17-28,30H,4-12,15-16H2,1-3H3. The lowest BCUT2D eigenvalue weighted by Crippen LogP contribution is -2.22. The van der Waals surface area contributed by atoms with Crippen molar-refractivity contribution in [2.75, 3.05) is 0 Å². The fourth-order valence-electron chi connectivity index (χ4n) is 6.15. The van der Waals surface area contributed by atoms with E-state index in [2.05, 4.69) is 38.1 Å². The summed E-state index contributed by atoms with van der Waals surface area (Å²) < 4.78 is 5.67. The average Bonchev–Trinajstić information content (AvgIpc) is 3.10. The van der Waals surface area contributed by atoms with E-state index in [1.807, 2.05) is 43.3 Å². The van der Waals surface area contributed by atoms with Crippen LogP contribution in [0, 0.1) is 5.92 Å². The van der Waals surface area contributed by atoms with Gasteiger partial charge in [0.1, 0.15) is 5.75 Å². The first-order valence-corrected chi connectivity index (χ1v) is 19.2. The van der Waals surface area contributed by atoms with Gasteiger partial charge in [-0.3, -0.25) is 14.4 Å². The van der Waals surface area contributed by atoms with Gasteiger partial charge in [0.15, 0.2) is 11.6 Å². The van der Waals surface area contributed by atoms with E-state index in [1.165, 1.54) is 67.6 Å². The van der Waals surface area contributed by atoms with Crippen LogP contribution in [-0.4, -0.2) is 17.5 Å². The Bertz CT molecular complexity index is 1710. The Morgan fingerprint density at radius 2 is 1.15 bits per heavy atom. The molecule has 0 amide bonds. The van der Waals surface area contributed by atoms with Crippen molar-refractivity contribution in [3.05, 3.63) is 113 Å². The number of ether oxygens (including phenoxy) is 1. The minimum absolute atomic E-state index is 0.0968. The molecule has 0 N–H and O–H groups in total. The van der Waals surface area contributed by atoms with Crippen LogP contribution >= 0.6 is 23.5 Å². The molecular formula is C42H46O4S2. The molecule has 4 aromatic rings. The van der Waals surface area contributed by atoms with E-state index in [0.717, 1.165) is 51.7 Å². The fraction of sp³-hybridized carbons (Fsp3) is 0.357. The van der Waals surface area contributed by atoms with Gasteiger partial charge in [0.2, 0.25) is 0 Å². The maximum atomic E-state index is 14.0. The summed E-state index contributed by atoms with van der Waals surface area (Å²) in [5.74, 6) is -0.0416. The highest BCUT2D eigenvalue weighted by atomic mass is 32.2. The summed E-state index contributed by atoms with van der Waals surface area (Å²) in [6.07, 6.45) is 12.4. The monoisotopic (exact) mass is 678 g/mol. The number of carbonyl (C=O) groups is 3. The minimum Gasteiger partial charge on any atom is -0.426 e. The predicted octanol–water partition coefficient (Wildman–Crippen LogP) is 11.8. The number of unbranched alkanes of at least 4 members (excludes halogenated alkanes) is 6. The van der Waals surface area contributed by atoms with Crippen LogP contribution in [0.3, 0.4) is 0 Å². The Labute approximate surface area is 294 Å². The Morgan fingerprint density at radius 1 is 0.625 bits per heavy atom. The normalized spacial score (nSPS) is 12.8. The lowest BCUT2D eigenvalue weighted by molar-refractivity contribution is -0.139. The molecule has 1 aliphatic rings. The van der Waals surface area contributed by atoms with Crippen molar-refractivity contribution in [1.82, 2.24) is 0 Å². The molecule has 250 valence electrons. The van der Waals surface area contributed by atoms with Crippen LogP contribution in [0.15, 0.2) is 105 Å². The van der Waals surface area contributed by atoms with Crippen molar-refractivity contribution in [1.29, 1.82) is 0 Å². The molecule has 0 aromatic heterocycles. The summed E-state index contributed by atoms with van der Waals surface area (Å²) >= 11 is 2.97. The van der Waals surface area contributed by atoms with Crippen molar-refractivity contribution in [3.63, 3.8) is 0 Å². The van der Waals surface area contributed by atoms with E-state index in [4.69, 9.17) is 4.74 Å². The van der Waals surface area contributed by atoms with Gasteiger partial charge < -0.3 is 4.74 Å². The number of ketones is 2. The van der Waals surface area contributed by atoms with Crippen LogP contribution < -0.4 is 4.74 Å². The summed E-state index contributed by atoms with van der Waals surface area (Å²) in [6.45, 7) is 6.38. The number of benzene rings is 4. The first kappa shape index (κ1) is 35.7. The molecule has 4 aromatic carbocycles. The van der Waals surface area contributed by atoms with Gasteiger partial charge in [0.05, 0.1) is 5.92 Å². The van der Waals surface area contributed by atoms with Crippen LogP contribution in [0.4, 0.5) is 0 Å². The molecule has 1 atom stereocenters. The fourth-order valence-corrected chi connectivity index (χ4v) is 8.11. The highest BCUT2D eigenvalue weighted by Gasteiger charge is 2.33. The van der Waals surface area contributed by atoms with E-state index in [-0.39, 0.29) is 23.5 Å². The number of esters is 1. The molecule has 5 rings (SSSR count). The number of hydrogen-bond acceptors (Lipinski definition) is 6. The van der Waals surface area contributed by atoms with Gasteiger partial charge in [-0.25, -0.2) is 0 Å². The minimum atomic E-state index is -0.190. The third kappa shape index (κ3) is 8.89. The summed E-state index contributed by atoms with van der Waals surface area (Å²) in [5.41, 5.74) is 3.13. The molecule has 0 radical (unpaired) electrons. The third-order valence-electron chi connectivity index (χ3n) is 8.97. The van der Waals surface area contributed by atoms with Crippen molar-refractivity contribution >= 4 is 41.1 Å². The Kier molecular flexibility index (Phi) is 13.2.